The zero-order valence-corrected chi connectivity index (χ0v) is 12.2. The molecule has 5 nitrogen and oxygen atoms in total. The minimum atomic E-state index is 0.350. The molecule has 3 rings (SSSR count). The summed E-state index contributed by atoms with van der Waals surface area (Å²) in [5.41, 5.74) is 1.87. The number of pyridine rings is 1. The molecule has 0 saturated carbocycles. The Bertz CT molecular complexity index is 593. The second-order valence-corrected chi connectivity index (χ2v) is 5.70. The first-order chi connectivity index (χ1) is 9.65. The first-order valence-electron chi connectivity index (χ1n) is 7.15. The summed E-state index contributed by atoms with van der Waals surface area (Å²) in [4.78, 5) is 11.3. The molecule has 0 radical (unpaired) electrons. The molecule has 1 saturated heterocycles. The van der Waals surface area contributed by atoms with E-state index in [0.29, 0.717) is 17.8 Å². The van der Waals surface area contributed by atoms with Crippen LogP contribution in [0.3, 0.4) is 0 Å². The van der Waals surface area contributed by atoms with Gasteiger partial charge in [-0.1, -0.05) is 11.2 Å². The van der Waals surface area contributed by atoms with Gasteiger partial charge in [0.1, 0.15) is 5.69 Å². The van der Waals surface area contributed by atoms with Gasteiger partial charge in [0.05, 0.1) is 5.92 Å². The van der Waals surface area contributed by atoms with Crippen LogP contribution in [-0.4, -0.2) is 39.2 Å². The summed E-state index contributed by atoms with van der Waals surface area (Å²) in [6.45, 7) is 8.55. The van der Waals surface area contributed by atoms with Crippen molar-refractivity contribution in [1.29, 1.82) is 0 Å². The molecule has 20 heavy (non-hydrogen) atoms. The van der Waals surface area contributed by atoms with Crippen LogP contribution in [0.2, 0.25) is 0 Å². The van der Waals surface area contributed by atoms with E-state index in [-0.39, 0.29) is 0 Å². The Labute approximate surface area is 119 Å². The minimum Gasteiger partial charge on any atom is -0.339 e. The SMILES string of the molecule is Cc1cccnc1-c1noc([C@@H]2CCN(C(C)C)C2)n1. The molecule has 0 aromatic carbocycles. The van der Waals surface area contributed by atoms with Gasteiger partial charge in [0.25, 0.3) is 0 Å². The molecule has 0 unspecified atom stereocenters. The highest BCUT2D eigenvalue weighted by Gasteiger charge is 2.29. The van der Waals surface area contributed by atoms with Crippen LogP contribution in [0, 0.1) is 6.92 Å². The Morgan fingerprint density at radius 2 is 2.25 bits per heavy atom. The van der Waals surface area contributed by atoms with E-state index in [4.69, 9.17) is 4.52 Å². The van der Waals surface area contributed by atoms with Gasteiger partial charge in [0.2, 0.25) is 11.7 Å². The van der Waals surface area contributed by atoms with Gasteiger partial charge in [-0.25, -0.2) is 0 Å². The van der Waals surface area contributed by atoms with Gasteiger partial charge in [-0.3, -0.25) is 4.98 Å². The topological polar surface area (TPSA) is 55.1 Å². The Balaban J connectivity index is 1.80. The molecule has 1 aliphatic heterocycles. The minimum absolute atomic E-state index is 0.350. The van der Waals surface area contributed by atoms with Crippen molar-refractivity contribution in [3.8, 4) is 11.5 Å². The van der Waals surface area contributed by atoms with Gasteiger partial charge in [-0.2, -0.15) is 4.98 Å². The van der Waals surface area contributed by atoms with Crippen molar-refractivity contribution in [3.05, 3.63) is 29.8 Å². The Morgan fingerprint density at radius 1 is 1.40 bits per heavy atom. The van der Waals surface area contributed by atoms with E-state index in [1.54, 1.807) is 6.20 Å². The van der Waals surface area contributed by atoms with E-state index in [9.17, 15) is 0 Å². The fraction of sp³-hybridized carbons (Fsp3) is 0.533. The van der Waals surface area contributed by atoms with Crippen molar-refractivity contribution in [1.82, 2.24) is 20.0 Å². The lowest BCUT2D eigenvalue weighted by Crippen LogP contribution is -2.27. The first kappa shape index (κ1) is 13.2. The highest BCUT2D eigenvalue weighted by molar-refractivity contribution is 5.53. The van der Waals surface area contributed by atoms with Gasteiger partial charge in [0, 0.05) is 18.8 Å². The van der Waals surface area contributed by atoms with Crippen molar-refractivity contribution in [2.75, 3.05) is 13.1 Å². The maximum atomic E-state index is 5.46. The number of rotatable bonds is 3. The maximum Gasteiger partial charge on any atom is 0.231 e. The number of aryl methyl sites for hydroxylation is 1. The molecule has 2 aromatic rings. The van der Waals surface area contributed by atoms with Crippen LogP contribution in [-0.2, 0) is 0 Å². The average Bonchev–Trinajstić information content (AvgIpc) is 3.08. The predicted octanol–water partition coefficient (Wildman–Crippen LogP) is 2.64. The Hall–Kier alpha value is -1.75. The summed E-state index contributed by atoms with van der Waals surface area (Å²) >= 11 is 0. The zero-order valence-electron chi connectivity index (χ0n) is 12.2. The second kappa shape index (κ2) is 5.32. The fourth-order valence-electron chi connectivity index (χ4n) is 2.67. The number of nitrogens with zero attached hydrogens (tertiary/aromatic N) is 4. The van der Waals surface area contributed by atoms with Crippen molar-refractivity contribution < 1.29 is 4.52 Å². The molecule has 0 N–H and O–H groups in total. The first-order valence-corrected chi connectivity index (χ1v) is 7.15. The molecule has 2 aromatic heterocycles. The monoisotopic (exact) mass is 272 g/mol. The summed E-state index contributed by atoms with van der Waals surface area (Å²) in [6.07, 6.45) is 2.84. The maximum absolute atomic E-state index is 5.46. The van der Waals surface area contributed by atoms with Crippen LogP contribution < -0.4 is 0 Å². The third kappa shape index (κ3) is 2.45. The lowest BCUT2D eigenvalue weighted by molar-refractivity contribution is 0.265. The molecular weight excluding hydrogens is 252 g/mol. The van der Waals surface area contributed by atoms with Crippen LogP contribution in [0.5, 0.6) is 0 Å². The van der Waals surface area contributed by atoms with Crippen molar-refractivity contribution in [2.45, 2.75) is 39.2 Å². The third-order valence-electron chi connectivity index (χ3n) is 3.96. The molecule has 0 spiro atoms. The number of aromatic nitrogens is 3. The molecule has 0 amide bonds. The normalized spacial score (nSPS) is 19.9. The van der Waals surface area contributed by atoms with Crippen molar-refractivity contribution >= 4 is 0 Å². The van der Waals surface area contributed by atoms with Crippen molar-refractivity contribution in [3.63, 3.8) is 0 Å². The van der Waals surface area contributed by atoms with E-state index in [1.165, 1.54) is 0 Å². The van der Waals surface area contributed by atoms with Crippen LogP contribution >= 0.6 is 0 Å². The summed E-state index contributed by atoms with van der Waals surface area (Å²) in [5, 5.41) is 4.09. The van der Waals surface area contributed by atoms with Gasteiger partial charge < -0.3 is 9.42 Å². The number of hydrogen-bond donors (Lipinski definition) is 0. The molecule has 3 heterocycles. The van der Waals surface area contributed by atoms with Crippen LogP contribution in [0.25, 0.3) is 11.5 Å². The van der Waals surface area contributed by atoms with Crippen LogP contribution in [0.15, 0.2) is 22.9 Å². The van der Waals surface area contributed by atoms with Crippen molar-refractivity contribution in [2.24, 2.45) is 0 Å². The molecule has 0 bridgehead atoms. The summed E-state index contributed by atoms with van der Waals surface area (Å²) in [5.74, 6) is 1.69. The highest BCUT2D eigenvalue weighted by atomic mass is 16.5. The fourth-order valence-corrected chi connectivity index (χ4v) is 2.67. The molecule has 106 valence electrons. The van der Waals surface area contributed by atoms with Gasteiger partial charge in [0.15, 0.2) is 0 Å². The molecule has 1 fully saturated rings. The smallest absolute Gasteiger partial charge is 0.231 e. The van der Waals surface area contributed by atoms with E-state index in [1.807, 2.05) is 19.1 Å². The third-order valence-corrected chi connectivity index (χ3v) is 3.96. The Morgan fingerprint density at radius 3 is 2.95 bits per heavy atom. The van der Waals surface area contributed by atoms with E-state index < -0.39 is 0 Å². The van der Waals surface area contributed by atoms with Crippen LogP contribution in [0.4, 0.5) is 0 Å². The largest absolute Gasteiger partial charge is 0.339 e. The average molecular weight is 272 g/mol. The lowest BCUT2D eigenvalue weighted by Gasteiger charge is -2.19. The quantitative estimate of drug-likeness (QED) is 0.859. The summed E-state index contributed by atoms with van der Waals surface area (Å²) in [7, 11) is 0. The molecule has 0 aliphatic carbocycles. The molecular formula is C15H20N4O. The van der Waals surface area contributed by atoms with E-state index in [2.05, 4.69) is 33.9 Å². The molecule has 1 aliphatic rings. The zero-order chi connectivity index (χ0) is 14.1. The molecule has 5 heteroatoms. The van der Waals surface area contributed by atoms with Gasteiger partial charge >= 0.3 is 0 Å². The Kier molecular flexibility index (Phi) is 3.53. The molecule has 1 atom stereocenters. The van der Waals surface area contributed by atoms with E-state index >= 15 is 0 Å². The summed E-state index contributed by atoms with van der Waals surface area (Å²) < 4.78 is 5.46. The lowest BCUT2D eigenvalue weighted by atomic mass is 10.1. The second-order valence-electron chi connectivity index (χ2n) is 5.70. The highest BCUT2D eigenvalue weighted by Crippen LogP contribution is 2.28. The van der Waals surface area contributed by atoms with Gasteiger partial charge in [-0.05, 0) is 45.4 Å². The predicted molar refractivity (Wildman–Crippen MR) is 76.3 cm³/mol. The van der Waals surface area contributed by atoms with Crippen LogP contribution in [0.1, 0.15) is 37.6 Å². The number of likely N-dealkylation sites (tertiary alicyclic amines) is 1. The van der Waals surface area contributed by atoms with E-state index in [0.717, 1.165) is 36.7 Å². The van der Waals surface area contributed by atoms with Gasteiger partial charge in [-0.15, -0.1) is 0 Å². The number of hydrogen-bond acceptors (Lipinski definition) is 5. The summed E-state index contributed by atoms with van der Waals surface area (Å²) in [6, 6.07) is 4.49. The standard InChI is InChI=1S/C15H20N4O/c1-10(2)19-8-6-12(9-19)15-17-14(18-20-15)13-11(3)5-4-7-16-13/h4-5,7,10,12H,6,8-9H2,1-3H3/t12-/m1/s1.